The number of benzene rings is 2. The number of aryl methyl sites for hydroxylation is 1. The van der Waals surface area contributed by atoms with Crippen LogP contribution in [0.4, 0.5) is 24.8 Å². The van der Waals surface area contributed by atoms with Gasteiger partial charge in [0.1, 0.15) is 5.75 Å². The van der Waals surface area contributed by atoms with Gasteiger partial charge in [0.25, 0.3) is 0 Å². The molecular formula is C25H29BrF3N3O. The Morgan fingerprint density at radius 3 is 2.24 bits per heavy atom. The summed E-state index contributed by atoms with van der Waals surface area (Å²) in [5.74, 6) is 0.433. The van der Waals surface area contributed by atoms with Crippen molar-refractivity contribution in [2.45, 2.75) is 66.3 Å². The highest BCUT2D eigenvalue weighted by atomic mass is 79.9. The van der Waals surface area contributed by atoms with E-state index in [1.807, 2.05) is 6.07 Å². The van der Waals surface area contributed by atoms with Gasteiger partial charge in [-0.05, 0) is 79.0 Å². The molecule has 0 amide bonds. The minimum atomic E-state index is -4.71. The minimum absolute atomic E-state index is 0.182. The first-order valence-corrected chi connectivity index (χ1v) is 11.8. The van der Waals surface area contributed by atoms with Gasteiger partial charge in [-0.3, -0.25) is 0 Å². The summed E-state index contributed by atoms with van der Waals surface area (Å²) in [6, 6.07) is 10.1. The summed E-state index contributed by atoms with van der Waals surface area (Å²) in [5.41, 5.74) is 4.05. The molecule has 1 N–H and O–H groups in total. The number of alkyl halides is 3. The number of imidazole rings is 1. The van der Waals surface area contributed by atoms with Crippen LogP contribution < -0.4 is 10.1 Å². The average molecular weight is 524 g/mol. The molecule has 8 heteroatoms. The first-order valence-electron chi connectivity index (χ1n) is 11.0. The lowest BCUT2D eigenvalue weighted by molar-refractivity contribution is -0.274. The summed E-state index contributed by atoms with van der Waals surface area (Å²) in [5, 5.41) is 3.34. The lowest BCUT2D eigenvalue weighted by Crippen LogP contribution is -2.35. The molecule has 2 aromatic carbocycles. The monoisotopic (exact) mass is 523 g/mol. The first-order chi connectivity index (χ1) is 15.2. The molecule has 0 atom stereocenters. The second-order valence-corrected chi connectivity index (χ2v) is 11.5. The summed E-state index contributed by atoms with van der Waals surface area (Å²) in [4.78, 5) is 4.87. The van der Waals surface area contributed by atoms with Crippen molar-refractivity contribution in [2.75, 3.05) is 5.32 Å². The summed E-state index contributed by atoms with van der Waals surface area (Å²) >= 11 is 3.61. The van der Waals surface area contributed by atoms with E-state index in [0.717, 1.165) is 40.3 Å². The highest BCUT2D eigenvalue weighted by molar-refractivity contribution is 9.10. The number of hydrogen-bond donors (Lipinski definition) is 1. The van der Waals surface area contributed by atoms with Gasteiger partial charge in [0.05, 0.1) is 11.0 Å². The van der Waals surface area contributed by atoms with E-state index < -0.39 is 6.36 Å². The number of nitrogens with one attached hydrogen (secondary N) is 1. The van der Waals surface area contributed by atoms with Crippen molar-refractivity contribution >= 4 is 38.6 Å². The highest BCUT2D eigenvalue weighted by Gasteiger charge is 2.40. The molecule has 1 saturated carbocycles. The topological polar surface area (TPSA) is 39.1 Å². The second-order valence-electron chi connectivity index (χ2n) is 10.7. The summed E-state index contributed by atoms with van der Waals surface area (Å²) in [6.45, 7) is 11.3. The fourth-order valence-corrected chi connectivity index (χ4v) is 5.85. The van der Waals surface area contributed by atoms with Crippen LogP contribution in [0.5, 0.6) is 5.75 Å². The molecule has 4 rings (SSSR count). The summed E-state index contributed by atoms with van der Waals surface area (Å²) < 4.78 is 44.8. The predicted molar refractivity (Wildman–Crippen MR) is 129 cm³/mol. The zero-order valence-electron chi connectivity index (χ0n) is 19.5. The smallest absolute Gasteiger partial charge is 0.406 e. The van der Waals surface area contributed by atoms with Crippen molar-refractivity contribution in [3.8, 4) is 5.75 Å². The van der Waals surface area contributed by atoms with Crippen LogP contribution in [-0.4, -0.2) is 15.9 Å². The molecule has 0 spiro atoms. The molecule has 0 radical (unpaired) electrons. The summed E-state index contributed by atoms with van der Waals surface area (Å²) in [7, 11) is 0. The van der Waals surface area contributed by atoms with Crippen molar-refractivity contribution < 1.29 is 17.9 Å². The van der Waals surface area contributed by atoms with Gasteiger partial charge in [0.2, 0.25) is 5.95 Å². The molecule has 178 valence electrons. The molecule has 1 heterocycles. The highest BCUT2D eigenvalue weighted by Crippen LogP contribution is 2.51. The summed E-state index contributed by atoms with van der Waals surface area (Å²) in [6.07, 6.45) is -1.53. The van der Waals surface area contributed by atoms with E-state index in [-0.39, 0.29) is 22.6 Å². The van der Waals surface area contributed by atoms with Crippen molar-refractivity contribution in [3.05, 3.63) is 46.4 Å². The first kappa shape index (κ1) is 23.9. The zero-order valence-corrected chi connectivity index (χ0v) is 21.1. The zero-order chi connectivity index (χ0) is 24.2. The number of rotatable bonds is 4. The van der Waals surface area contributed by atoms with Crippen molar-refractivity contribution in [1.29, 1.82) is 0 Å². The Labute approximate surface area is 200 Å². The maximum absolute atomic E-state index is 12.5. The predicted octanol–water partition coefficient (Wildman–Crippen LogP) is 8.53. The van der Waals surface area contributed by atoms with E-state index in [1.165, 1.54) is 12.1 Å². The van der Waals surface area contributed by atoms with E-state index in [1.54, 1.807) is 12.1 Å². The Morgan fingerprint density at radius 1 is 1.06 bits per heavy atom. The van der Waals surface area contributed by atoms with Gasteiger partial charge < -0.3 is 14.6 Å². The maximum Gasteiger partial charge on any atom is 0.573 e. The number of ether oxygens (including phenoxy) is 1. The fraction of sp³-hybridized carbons (Fsp3) is 0.480. The molecule has 1 fully saturated rings. The Morgan fingerprint density at radius 2 is 1.67 bits per heavy atom. The number of nitrogens with zero attached hydrogens (tertiary/aromatic N) is 2. The standard InChI is InChI=1S/C25H29BrF3N3O/c1-15-10-21-20(11-19(15)26)31-22(30-16-6-8-18(9-7-16)33-25(27,28)29)32(21)17-12-23(2,3)14-24(4,5)13-17/h6-11,17H,12-14H2,1-5H3,(H,30,31). The molecule has 1 aromatic heterocycles. The largest absolute Gasteiger partial charge is 0.573 e. The quantitative estimate of drug-likeness (QED) is 0.372. The molecule has 1 aliphatic rings. The van der Waals surface area contributed by atoms with Gasteiger partial charge in [-0.1, -0.05) is 43.6 Å². The molecule has 0 bridgehead atoms. The molecular weight excluding hydrogens is 495 g/mol. The van der Waals surface area contributed by atoms with Crippen LogP contribution >= 0.6 is 15.9 Å². The lowest BCUT2D eigenvalue weighted by Gasteiger charge is -2.45. The Bertz CT molecular complexity index is 1150. The molecule has 4 nitrogen and oxygen atoms in total. The molecule has 3 aromatic rings. The van der Waals surface area contributed by atoms with Crippen LogP contribution in [0.2, 0.25) is 0 Å². The number of fused-ring (bicyclic) bond motifs is 1. The van der Waals surface area contributed by atoms with Crippen LogP contribution in [0.25, 0.3) is 11.0 Å². The van der Waals surface area contributed by atoms with Gasteiger partial charge in [-0.25, -0.2) is 4.98 Å². The van der Waals surface area contributed by atoms with Crippen LogP contribution in [0, 0.1) is 17.8 Å². The number of anilines is 2. The van der Waals surface area contributed by atoms with Gasteiger partial charge in [0, 0.05) is 16.2 Å². The van der Waals surface area contributed by atoms with Crippen molar-refractivity contribution in [2.24, 2.45) is 10.8 Å². The van der Waals surface area contributed by atoms with E-state index in [2.05, 4.69) is 71.2 Å². The van der Waals surface area contributed by atoms with Gasteiger partial charge in [-0.2, -0.15) is 0 Å². The van der Waals surface area contributed by atoms with Gasteiger partial charge in [0.15, 0.2) is 0 Å². The molecule has 0 saturated heterocycles. The van der Waals surface area contributed by atoms with E-state index >= 15 is 0 Å². The molecule has 0 aliphatic heterocycles. The van der Waals surface area contributed by atoms with Crippen LogP contribution in [0.15, 0.2) is 40.9 Å². The SMILES string of the molecule is Cc1cc2c(cc1Br)nc(Nc1ccc(OC(F)(F)F)cc1)n2C1CC(C)(C)CC(C)(C)C1. The van der Waals surface area contributed by atoms with Crippen LogP contribution in [0.3, 0.4) is 0 Å². The van der Waals surface area contributed by atoms with E-state index in [4.69, 9.17) is 4.98 Å². The van der Waals surface area contributed by atoms with E-state index in [0.29, 0.717) is 11.6 Å². The number of aromatic nitrogens is 2. The number of halogens is 4. The normalized spacial score (nSPS) is 18.5. The molecule has 33 heavy (non-hydrogen) atoms. The fourth-order valence-electron chi connectivity index (χ4n) is 5.52. The lowest BCUT2D eigenvalue weighted by atomic mass is 9.63. The third-order valence-corrected chi connectivity index (χ3v) is 7.07. The Balaban J connectivity index is 1.75. The number of hydrogen-bond acceptors (Lipinski definition) is 3. The van der Waals surface area contributed by atoms with Crippen molar-refractivity contribution in [3.63, 3.8) is 0 Å². The Hall–Kier alpha value is -2.22. The third-order valence-electron chi connectivity index (χ3n) is 6.21. The van der Waals surface area contributed by atoms with Crippen molar-refractivity contribution in [1.82, 2.24) is 9.55 Å². The Kier molecular flexibility index (Phi) is 5.96. The average Bonchev–Trinajstić information content (AvgIpc) is 2.96. The minimum Gasteiger partial charge on any atom is -0.406 e. The maximum atomic E-state index is 12.5. The van der Waals surface area contributed by atoms with Gasteiger partial charge in [-0.15, -0.1) is 13.2 Å². The second kappa shape index (κ2) is 8.22. The van der Waals surface area contributed by atoms with E-state index in [9.17, 15) is 13.2 Å². The third kappa shape index (κ3) is 5.48. The van der Waals surface area contributed by atoms with Crippen LogP contribution in [-0.2, 0) is 0 Å². The van der Waals surface area contributed by atoms with Crippen LogP contribution in [0.1, 0.15) is 58.6 Å². The molecule has 1 aliphatic carbocycles. The molecule has 0 unspecified atom stereocenters. The van der Waals surface area contributed by atoms with Gasteiger partial charge >= 0.3 is 6.36 Å².